The van der Waals surface area contributed by atoms with Crippen molar-refractivity contribution in [3.8, 4) is 0 Å². The van der Waals surface area contributed by atoms with Gasteiger partial charge in [0.2, 0.25) is 0 Å². The zero-order valence-corrected chi connectivity index (χ0v) is 13.0. The first kappa shape index (κ1) is 15.9. The van der Waals surface area contributed by atoms with Gasteiger partial charge in [-0.2, -0.15) is 0 Å². The number of ether oxygens (including phenoxy) is 1. The summed E-state index contributed by atoms with van der Waals surface area (Å²) in [4.78, 5) is 8.75. The van der Waals surface area contributed by atoms with Crippen LogP contribution in [0.15, 0.2) is 10.4 Å². The normalized spacial score (nSPS) is 11.9. The van der Waals surface area contributed by atoms with Crippen LogP contribution in [0.2, 0.25) is 0 Å². The van der Waals surface area contributed by atoms with Gasteiger partial charge in [-0.25, -0.2) is 4.98 Å². The summed E-state index contributed by atoms with van der Waals surface area (Å²) >= 11 is 1.74. The van der Waals surface area contributed by atoms with Crippen LogP contribution in [0, 0.1) is 0 Å². The Morgan fingerprint density at radius 3 is 2.74 bits per heavy atom. The minimum absolute atomic E-state index is 0.509. The van der Waals surface area contributed by atoms with Gasteiger partial charge in [0.15, 0.2) is 5.96 Å². The lowest BCUT2D eigenvalue weighted by atomic mass is 10.2. The van der Waals surface area contributed by atoms with Gasteiger partial charge in [-0.05, 0) is 0 Å². The van der Waals surface area contributed by atoms with E-state index in [4.69, 9.17) is 4.74 Å². The van der Waals surface area contributed by atoms with E-state index >= 15 is 0 Å². The van der Waals surface area contributed by atoms with Crippen LogP contribution < -0.4 is 10.6 Å². The number of hydrogen-bond donors (Lipinski definition) is 2. The fourth-order valence-electron chi connectivity index (χ4n) is 1.50. The van der Waals surface area contributed by atoms with Crippen molar-refractivity contribution >= 4 is 17.3 Å². The van der Waals surface area contributed by atoms with Crippen LogP contribution >= 0.6 is 11.3 Å². The lowest BCUT2D eigenvalue weighted by Gasteiger charge is -2.10. The van der Waals surface area contributed by atoms with E-state index in [1.165, 1.54) is 5.01 Å². The molecule has 0 aliphatic heterocycles. The van der Waals surface area contributed by atoms with Crippen LogP contribution in [0.25, 0.3) is 0 Å². The summed E-state index contributed by atoms with van der Waals surface area (Å²) < 4.78 is 4.98. The summed E-state index contributed by atoms with van der Waals surface area (Å²) in [5.74, 6) is 1.31. The molecule has 0 saturated carbocycles. The SMILES string of the molecule is CN=C(NCCOC)NCCc1csc(C(C)C)n1. The molecule has 5 nitrogen and oxygen atoms in total. The molecule has 19 heavy (non-hydrogen) atoms. The molecule has 0 bridgehead atoms. The van der Waals surface area contributed by atoms with Gasteiger partial charge in [0.25, 0.3) is 0 Å². The van der Waals surface area contributed by atoms with Crippen molar-refractivity contribution in [1.82, 2.24) is 15.6 Å². The van der Waals surface area contributed by atoms with Crippen LogP contribution in [-0.4, -0.2) is 44.8 Å². The predicted molar refractivity (Wildman–Crippen MR) is 81.1 cm³/mol. The summed E-state index contributed by atoms with van der Waals surface area (Å²) in [5.41, 5.74) is 1.15. The molecule has 0 saturated heterocycles. The maximum atomic E-state index is 4.98. The average Bonchev–Trinajstić information content (AvgIpc) is 2.86. The molecule has 0 radical (unpaired) electrons. The quantitative estimate of drug-likeness (QED) is 0.454. The Labute approximate surface area is 119 Å². The molecule has 0 unspecified atom stereocenters. The maximum Gasteiger partial charge on any atom is 0.191 e. The summed E-state index contributed by atoms with van der Waals surface area (Å²) in [6.45, 7) is 6.59. The highest BCUT2D eigenvalue weighted by Gasteiger charge is 2.05. The molecule has 1 aromatic rings. The van der Waals surface area contributed by atoms with Gasteiger partial charge in [0.1, 0.15) is 0 Å². The molecule has 1 heterocycles. The van der Waals surface area contributed by atoms with E-state index in [9.17, 15) is 0 Å². The van der Waals surface area contributed by atoms with Gasteiger partial charge in [0, 0.05) is 45.0 Å². The number of methoxy groups -OCH3 is 1. The largest absolute Gasteiger partial charge is 0.383 e. The molecule has 0 aliphatic rings. The number of nitrogens with one attached hydrogen (secondary N) is 2. The predicted octanol–water partition coefficient (Wildman–Crippen LogP) is 1.62. The monoisotopic (exact) mass is 284 g/mol. The van der Waals surface area contributed by atoms with Crippen molar-refractivity contribution in [2.45, 2.75) is 26.2 Å². The zero-order chi connectivity index (χ0) is 14.1. The van der Waals surface area contributed by atoms with E-state index < -0.39 is 0 Å². The third-order valence-electron chi connectivity index (χ3n) is 2.56. The molecule has 0 spiro atoms. The number of rotatable bonds is 7. The highest BCUT2D eigenvalue weighted by atomic mass is 32.1. The Morgan fingerprint density at radius 2 is 2.16 bits per heavy atom. The van der Waals surface area contributed by atoms with Gasteiger partial charge in [0.05, 0.1) is 17.3 Å². The van der Waals surface area contributed by atoms with Gasteiger partial charge in [-0.1, -0.05) is 13.8 Å². The van der Waals surface area contributed by atoms with Gasteiger partial charge < -0.3 is 15.4 Å². The first-order chi connectivity index (χ1) is 9.17. The lowest BCUT2D eigenvalue weighted by molar-refractivity contribution is 0.203. The highest BCUT2D eigenvalue weighted by molar-refractivity contribution is 7.09. The lowest BCUT2D eigenvalue weighted by Crippen LogP contribution is -2.39. The first-order valence-electron chi connectivity index (χ1n) is 6.55. The van der Waals surface area contributed by atoms with Crippen molar-refractivity contribution < 1.29 is 4.74 Å². The molecule has 1 aromatic heterocycles. The number of aliphatic imine (C=N–C) groups is 1. The fraction of sp³-hybridized carbons (Fsp3) is 0.692. The van der Waals surface area contributed by atoms with E-state index in [0.717, 1.165) is 31.2 Å². The van der Waals surface area contributed by atoms with Crippen molar-refractivity contribution in [2.75, 3.05) is 33.9 Å². The van der Waals surface area contributed by atoms with E-state index in [-0.39, 0.29) is 0 Å². The molecule has 0 atom stereocenters. The second-order valence-electron chi connectivity index (χ2n) is 4.50. The van der Waals surface area contributed by atoms with Crippen molar-refractivity contribution in [2.24, 2.45) is 4.99 Å². The molecule has 0 aliphatic carbocycles. The van der Waals surface area contributed by atoms with Gasteiger partial charge in [-0.15, -0.1) is 11.3 Å². The van der Waals surface area contributed by atoms with E-state index in [1.807, 2.05) is 0 Å². The Morgan fingerprint density at radius 1 is 1.42 bits per heavy atom. The van der Waals surface area contributed by atoms with Crippen molar-refractivity contribution in [3.05, 3.63) is 16.1 Å². The second-order valence-corrected chi connectivity index (χ2v) is 5.39. The van der Waals surface area contributed by atoms with Crippen LogP contribution in [0.5, 0.6) is 0 Å². The molecule has 108 valence electrons. The fourth-order valence-corrected chi connectivity index (χ4v) is 2.37. The Kier molecular flexibility index (Phi) is 7.43. The standard InChI is InChI=1S/C13H24N4OS/c1-10(2)12-17-11(9-19-12)5-6-15-13(14-3)16-7-8-18-4/h9-10H,5-8H2,1-4H3,(H2,14,15,16). The molecule has 2 N–H and O–H groups in total. The number of aromatic nitrogens is 1. The highest BCUT2D eigenvalue weighted by Crippen LogP contribution is 2.19. The molecular weight excluding hydrogens is 260 g/mol. The van der Waals surface area contributed by atoms with E-state index in [1.54, 1.807) is 25.5 Å². The molecule has 0 amide bonds. The summed E-state index contributed by atoms with van der Waals surface area (Å²) in [7, 11) is 3.45. The van der Waals surface area contributed by atoms with Crippen LogP contribution in [0.3, 0.4) is 0 Å². The summed E-state index contributed by atoms with van der Waals surface area (Å²) in [6, 6.07) is 0. The Hall–Kier alpha value is -1.14. The van der Waals surface area contributed by atoms with Crippen LogP contribution in [0.1, 0.15) is 30.5 Å². The maximum absolute atomic E-state index is 4.98. The number of thiazole rings is 1. The van der Waals surface area contributed by atoms with Crippen LogP contribution in [0.4, 0.5) is 0 Å². The zero-order valence-electron chi connectivity index (χ0n) is 12.2. The summed E-state index contributed by atoms with van der Waals surface area (Å²) in [6.07, 6.45) is 0.911. The third-order valence-corrected chi connectivity index (χ3v) is 3.75. The number of hydrogen-bond acceptors (Lipinski definition) is 4. The molecular formula is C13H24N4OS. The first-order valence-corrected chi connectivity index (χ1v) is 7.43. The van der Waals surface area contributed by atoms with Crippen molar-refractivity contribution in [3.63, 3.8) is 0 Å². The Balaban J connectivity index is 2.27. The smallest absolute Gasteiger partial charge is 0.191 e. The minimum atomic E-state index is 0.509. The number of guanidine groups is 1. The molecule has 6 heteroatoms. The van der Waals surface area contributed by atoms with Crippen LogP contribution in [-0.2, 0) is 11.2 Å². The second kappa shape index (κ2) is 8.87. The Bertz CT molecular complexity index is 390. The molecule has 0 aromatic carbocycles. The minimum Gasteiger partial charge on any atom is -0.383 e. The summed E-state index contributed by atoms with van der Waals surface area (Å²) in [5, 5.41) is 9.78. The van der Waals surface area contributed by atoms with Crippen molar-refractivity contribution in [1.29, 1.82) is 0 Å². The molecule has 0 fully saturated rings. The van der Waals surface area contributed by atoms with E-state index in [0.29, 0.717) is 12.5 Å². The average molecular weight is 284 g/mol. The topological polar surface area (TPSA) is 58.5 Å². The van der Waals surface area contributed by atoms with Gasteiger partial charge in [-0.3, -0.25) is 4.99 Å². The van der Waals surface area contributed by atoms with Gasteiger partial charge >= 0.3 is 0 Å². The number of nitrogens with zero attached hydrogens (tertiary/aromatic N) is 2. The third kappa shape index (κ3) is 6.02. The van der Waals surface area contributed by atoms with E-state index in [2.05, 4.69) is 39.8 Å². The molecule has 1 rings (SSSR count).